The van der Waals surface area contributed by atoms with Crippen molar-refractivity contribution in [2.75, 3.05) is 6.54 Å². The molecule has 0 saturated heterocycles. The normalized spacial score (nSPS) is 14.7. The van der Waals surface area contributed by atoms with Crippen LogP contribution in [0.2, 0.25) is 0 Å². The molecule has 68 valence electrons. The number of benzene rings is 1. The molecule has 0 fully saturated rings. The van der Waals surface area contributed by atoms with E-state index in [1.54, 1.807) is 0 Å². The second kappa shape index (κ2) is 3.33. The number of hydrogen-bond donors (Lipinski definition) is 0. The van der Waals surface area contributed by atoms with Crippen LogP contribution in [0.3, 0.4) is 0 Å². The third kappa shape index (κ3) is 1.51. The molecule has 0 aromatic heterocycles. The lowest BCUT2D eigenvalue weighted by Crippen LogP contribution is -2.31. The fourth-order valence-electron chi connectivity index (χ4n) is 1.79. The van der Waals surface area contributed by atoms with Crippen molar-refractivity contribution in [1.82, 2.24) is 0 Å². The lowest BCUT2D eigenvalue weighted by atomic mass is 10.0. The van der Waals surface area contributed by atoms with E-state index in [1.165, 1.54) is 16.1 Å². The van der Waals surface area contributed by atoms with Crippen LogP contribution < -0.4 is 10.6 Å². The summed E-state index contributed by atoms with van der Waals surface area (Å²) >= 11 is 0. The molecule has 13 heavy (non-hydrogen) atoms. The fraction of sp³-hybridized carbons (Fsp3) is 0.417. The van der Waals surface area contributed by atoms with E-state index in [0.717, 1.165) is 13.0 Å². The van der Waals surface area contributed by atoms with E-state index in [2.05, 4.69) is 43.1 Å². The minimum atomic E-state index is 0.574. The van der Waals surface area contributed by atoms with Gasteiger partial charge < -0.3 is 0 Å². The first kappa shape index (κ1) is 8.49. The number of rotatable bonds is 1. The Morgan fingerprint density at radius 1 is 1.31 bits per heavy atom. The Labute approximate surface area is 78.8 Å². The van der Waals surface area contributed by atoms with Gasteiger partial charge in [0.2, 0.25) is 0 Å². The average molecular weight is 173 g/mol. The van der Waals surface area contributed by atoms with E-state index in [1.807, 2.05) is 0 Å². The maximum atomic E-state index is 4.58. The van der Waals surface area contributed by atoms with Gasteiger partial charge in [-0.3, -0.25) is 4.99 Å². The van der Waals surface area contributed by atoms with Crippen LogP contribution in [0, 0.1) is 0 Å². The van der Waals surface area contributed by atoms with Crippen LogP contribution >= 0.6 is 0 Å². The van der Waals surface area contributed by atoms with Gasteiger partial charge in [0.05, 0.1) is 5.36 Å². The van der Waals surface area contributed by atoms with Gasteiger partial charge in [0.25, 0.3) is 0 Å². The van der Waals surface area contributed by atoms with Crippen LogP contribution in [0.4, 0.5) is 0 Å². The Morgan fingerprint density at radius 2 is 2.15 bits per heavy atom. The summed E-state index contributed by atoms with van der Waals surface area (Å²) in [5.41, 5.74) is 1.38. The number of nitrogens with zero attached hydrogens (tertiary/aromatic N) is 1. The zero-order valence-electron chi connectivity index (χ0n) is 8.25. The highest BCUT2D eigenvalue weighted by atomic mass is 14.7. The second-order valence-electron chi connectivity index (χ2n) is 3.81. The Morgan fingerprint density at radius 3 is 2.92 bits per heavy atom. The molecule has 0 atom stereocenters. The van der Waals surface area contributed by atoms with Crippen LogP contribution in [-0.4, -0.2) is 6.54 Å². The van der Waals surface area contributed by atoms with Crippen molar-refractivity contribution in [2.45, 2.75) is 26.2 Å². The molecule has 2 rings (SSSR count). The van der Waals surface area contributed by atoms with Gasteiger partial charge in [0.1, 0.15) is 0 Å². The molecule has 0 unspecified atom stereocenters. The average Bonchev–Trinajstić information content (AvgIpc) is 2.17. The SMILES string of the molecule is CC(C)c1cccc2c1=NCCC=2. The molecule has 1 heterocycles. The minimum Gasteiger partial charge on any atom is -0.284 e. The van der Waals surface area contributed by atoms with Gasteiger partial charge in [-0.05, 0) is 23.1 Å². The second-order valence-corrected chi connectivity index (χ2v) is 3.81. The molecular formula is C12H15N. The number of para-hydroxylation sites is 1. The molecule has 1 nitrogen and oxygen atoms in total. The fourth-order valence-corrected chi connectivity index (χ4v) is 1.79. The van der Waals surface area contributed by atoms with Crippen LogP contribution in [0.25, 0.3) is 6.08 Å². The van der Waals surface area contributed by atoms with Crippen molar-refractivity contribution in [3.63, 3.8) is 0 Å². The van der Waals surface area contributed by atoms with Gasteiger partial charge in [-0.2, -0.15) is 0 Å². The summed E-state index contributed by atoms with van der Waals surface area (Å²) in [7, 11) is 0. The van der Waals surface area contributed by atoms with Gasteiger partial charge in [-0.1, -0.05) is 38.1 Å². The van der Waals surface area contributed by atoms with Gasteiger partial charge in [-0.25, -0.2) is 0 Å². The van der Waals surface area contributed by atoms with Crippen molar-refractivity contribution in [2.24, 2.45) is 4.99 Å². The predicted molar refractivity (Wildman–Crippen MR) is 55.3 cm³/mol. The molecule has 0 saturated carbocycles. The summed E-state index contributed by atoms with van der Waals surface area (Å²) in [6.45, 7) is 5.40. The van der Waals surface area contributed by atoms with Gasteiger partial charge >= 0.3 is 0 Å². The molecule has 0 N–H and O–H groups in total. The van der Waals surface area contributed by atoms with Gasteiger partial charge in [0, 0.05) is 6.54 Å². The molecule has 1 aliphatic rings. The zero-order valence-corrected chi connectivity index (χ0v) is 8.25. The topological polar surface area (TPSA) is 12.4 Å². The predicted octanol–water partition coefficient (Wildman–Crippen LogP) is 1.61. The molecule has 1 aliphatic heterocycles. The summed E-state index contributed by atoms with van der Waals surface area (Å²) in [6, 6.07) is 6.47. The van der Waals surface area contributed by atoms with E-state index in [-0.39, 0.29) is 0 Å². The lowest BCUT2D eigenvalue weighted by molar-refractivity contribution is 0.830. The monoisotopic (exact) mass is 173 g/mol. The van der Waals surface area contributed by atoms with Crippen LogP contribution in [0.1, 0.15) is 31.7 Å². The highest BCUT2D eigenvalue weighted by molar-refractivity contribution is 5.30. The summed E-state index contributed by atoms with van der Waals surface area (Å²) in [5, 5.41) is 2.54. The van der Waals surface area contributed by atoms with E-state index in [0.29, 0.717) is 5.92 Å². The standard InChI is InChI=1S/C12H15N/c1-9(2)11-7-3-5-10-6-4-8-13-12(10)11/h3,5-7,9H,4,8H2,1-2H3. The molecule has 0 bridgehead atoms. The molecule has 1 aromatic carbocycles. The molecule has 1 heteroatoms. The van der Waals surface area contributed by atoms with E-state index < -0.39 is 0 Å². The molecule has 0 radical (unpaired) electrons. The van der Waals surface area contributed by atoms with Crippen molar-refractivity contribution in [1.29, 1.82) is 0 Å². The van der Waals surface area contributed by atoms with Crippen molar-refractivity contribution < 1.29 is 0 Å². The third-order valence-corrected chi connectivity index (χ3v) is 2.48. The number of fused-ring (bicyclic) bond motifs is 1. The summed E-state index contributed by atoms with van der Waals surface area (Å²) in [6.07, 6.45) is 3.38. The van der Waals surface area contributed by atoms with Crippen LogP contribution in [0.5, 0.6) is 0 Å². The molecular weight excluding hydrogens is 158 g/mol. The zero-order chi connectivity index (χ0) is 9.26. The van der Waals surface area contributed by atoms with E-state index in [9.17, 15) is 0 Å². The summed E-state index contributed by atoms with van der Waals surface area (Å²) < 4.78 is 0. The molecule has 0 amide bonds. The summed E-state index contributed by atoms with van der Waals surface area (Å²) in [4.78, 5) is 4.58. The molecule has 0 aliphatic carbocycles. The third-order valence-electron chi connectivity index (χ3n) is 2.48. The lowest BCUT2D eigenvalue weighted by Gasteiger charge is -2.08. The quantitative estimate of drug-likeness (QED) is 0.612. The maximum absolute atomic E-state index is 4.58. The molecule has 0 spiro atoms. The number of hydrogen-bond acceptors (Lipinski definition) is 1. The highest BCUT2D eigenvalue weighted by Crippen LogP contribution is 2.07. The Hall–Kier alpha value is -1.11. The van der Waals surface area contributed by atoms with Crippen molar-refractivity contribution in [3.05, 3.63) is 34.3 Å². The molecule has 1 aromatic rings. The van der Waals surface area contributed by atoms with Crippen molar-refractivity contribution >= 4 is 6.08 Å². The Balaban J connectivity index is 2.74. The first-order valence-corrected chi connectivity index (χ1v) is 4.92. The van der Waals surface area contributed by atoms with Gasteiger partial charge in [-0.15, -0.1) is 0 Å². The Bertz CT molecular complexity index is 415. The van der Waals surface area contributed by atoms with Crippen molar-refractivity contribution in [3.8, 4) is 0 Å². The van der Waals surface area contributed by atoms with Gasteiger partial charge in [0.15, 0.2) is 0 Å². The van der Waals surface area contributed by atoms with Crippen LogP contribution in [0.15, 0.2) is 23.2 Å². The Kier molecular flexibility index (Phi) is 2.17. The largest absolute Gasteiger partial charge is 0.284 e. The first-order chi connectivity index (χ1) is 6.29. The smallest absolute Gasteiger partial charge is 0.0678 e. The van der Waals surface area contributed by atoms with E-state index in [4.69, 9.17) is 0 Å². The first-order valence-electron chi connectivity index (χ1n) is 4.92. The minimum absolute atomic E-state index is 0.574. The maximum Gasteiger partial charge on any atom is 0.0678 e. The van der Waals surface area contributed by atoms with Crippen LogP contribution in [-0.2, 0) is 0 Å². The van der Waals surface area contributed by atoms with E-state index >= 15 is 0 Å². The highest BCUT2D eigenvalue weighted by Gasteiger charge is 2.04. The summed E-state index contributed by atoms with van der Waals surface area (Å²) in [5.74, 6) is 0.574.